The van der Waals surface area contributed by atoms with Crippen LogP contribution in [0.1, 0.15) is 93.5 Å². The Morgan fingerprint density at radius 2 is 1.67 bits per heavy atom. The largest absolute Gasteiger partial charge is 0.361 e. The smallest absolute Gasteiger partial charge is 0.313 e. The quantitative estimate of drug-likeness (QED) is 0.283. The number of rotatable bonds is 11. The molecule has 1 aromatic carbocycles. The Morgan fingerprint density at radius 1 is 1.06 bits per heavy atom. The zero-order valence-corrected chi connectivity index (χ0v) is 24.4. The summed E-state index contributed by atoms with van der Waals surface area (Å²) in [6.45, 7) is 14.6. The number of hydrogen-bond acceptors (Lipinski definition) is 7. The fourth-order valence-corrected chi connectivity index (χ4v) is 5.81. The van der Waals surface area contributed by atoms with E-state index in [1.54, 1.807) is 27.7 Å². The summed E-state index contributed by atoms with van der Waals surface area (Å²) in [6.07, 6.45) is 3.06. The van der Waals surface area contributed by atoms with Crippen molar-refractivity contribution in [2.75, 3.05) is 6.26 Å². The minimum absolute atomic E-state index is 0.0639. The molecule has 1 atom stereocenters. The molecule has 0 aliphatic rings. The number of nitrogens with zero attached hydrogens (tertiary/aromatic N) is 2. The SMILES string of the molecule is CCCCn1nc(C)c(C(=O)c2ccc(S(C)(=O)=O)c(C(C)=C(C)C)c2C)c1OS(=O)(=O)C(C)CC. The van der Waals surface area contributed by atoms with Gasteiger partial charge in [-0.05, 0) is 83.2 Å². The number of sulfone groups is 1. The predicted molar refractivity (Wildman–Crippen MR) is 143 cm³/mol. The van der Waals surface area contributed by atoms with Crippen molar-refractivity contribution in [3.8, 4) is 5.88 Å². The Morgan fingerprint density at radius 3 is 2.17 bits per heavy atom. The third kappa shape index (κ3) is 6.08. The second-order valence-electron chi connectivity index (χ2n) is 9.47. The molecule has 36 heavy (non-hydrogen) atoms. The Balaban J connectivity index is 2.83. The Hall–Kier alpha value is -2.46. The van der Waals surface area contributed by atoms with Gasteiger partial charge in [-0.1, -0.05) is 25.8 Å². The minimum Gasteiger partial charge on any atom is -0.361 e. The van der Waals surface area contributed by atoms with Gasteiger partial charge < -0.3 is 4.18 Å². The molecule has 0 radical (unpaired) electrons. The average Bonchev–Trinajstić information content (AvgIpc) is 3.08. The van der Waals surface area contributed by atoms with Crippen molar-refractivity contribution in [1.82, 2.24) is 9.78 Å². The summed E-state index contributed by atoms with van der Waals surface area (Å²) < 4.78 is 57.8. The van der Waals surface area contributed by atoms with Gasteiger partial charge in [0.05, 0.1) is 15.8 Å². The second-order valence-corrected chi connectivity index (χ2v) is 13.4. The van der Waals surface area contributed by atoms with Gasteiger partial charge in [0.15, 0.2) is 9.84 Å². The molecule has 0 amide bonds. The van der Waals surface area contributed by atoms with E-state index in [4.69, 9.17) is 4.18 Å². The van der Waals surface area contributed by atoms with E-state index in [1.165, 1.54) is 16.8 Å². The standard InChI is InChI=1S/C26H38N2O6S2/c1-10-12-15-28-26(34-36(32,33)17(5)11-2)24(20(8)27-28)25(29)21-13-14-22(35(9,30)31)23(19(21)7)18(6)16(3)4/h13-14,17H,10-12,15H2,1-9H3. The molecule has 2 rings (SSSR count). The molecule has 1 aromatic heterocycles. The van der Waals surface area contributed by atoms with Crippen LogP contribution in [0, 0.1) is 13.8 Å². The molecule has 0 N–H and O–H groups in total. The molecule has 1 unspecified atom stereocenters. The van der Waals surface area contributed by atoms with Crippen molar-refractivity contribution in [1.29, 1.82) is 0 Å². The van der Waals surface area contributed by atoms with Crippen LogP contribution in [0.5, 0.6) is 5.88 Å². The van der Waals surface area contributed by atoms with Crippen LogP contribution in [0.2, 0.25) is 0 Å². The number of aromatic nitrogens is 2. The zero-order chi connectivity index (χ0) is 27.6. The first kappa shape index (κ1) is 29.8. The molecule has 0 saturated carbocycles. The Labute approximate surface area is 215 Å². The number of benzene rings is 1. The van der Waals surface area contributed by atoms with Gasteiger partial charge in [0.1, 0.15) is 5.56 Å². The van der Waals surface area contributed by atoms with Crippen LogP contribution in [0.25, 0.3) is 5.57 Å². The lowest BCUT2D eigenvalue weighted by Gasteiger charge is -2.18. The summed E-state index contributed by atoms with van der Waals surface area (Å²) >= 11 is 0. The normalized spacial score (nSPS) is 12.9. The van der Waals surface area contributed by atoms with E-state index in [0.29, 0.717) is 29.8 Å². The van der Waals surface area contributed by atoms with E-state index in [1.807, 2.05) is 27.7 Å². The van der Waals surface area contributed by atoms with Crippen LogP contribution in [0.4, 0.5) is 0 Å². The molecule has 0 bridgehead atoms. The molecule has 10 heteroatoms. The first-order valence-corrected chi connectivity index (χ1v) is 15.5. The summed E-state index contributed by atoms with van der Waals surface area (Å²) in [7, 11) is -7.57. The summed E-state index contributed by atoms with van der Waals surface area (Å²) in [4.78, 5) is 14.1. The lowest BCUT2D eigenvalue weighted by molar-refractivity contribution is 0.103. The van der Waals surface area contributed by atoms with Crippen molar-refractivity contribution in [3.63, 3.8) is 0 Å². The van der Waals surface area contributed by atoms with E-state index in [0.717, 1.165) is 30.2 Å². The van der Waals surface area contributed by atoms with Crippen molar-refractivity contribution >= 4 is 31.3 Å². The van der Waals surface area contributed by atoms with Crippen molar-refractivity contribution in [3.05, 3.63) is 45.7 Å². The highest BCUT2D eigenvalue weighted by molar-refractivity contribution is 7.90. The lowest BCUT2D eigenvalue weighted by Crippen LogP contribution is -2.24. The molecule has 200 valence electrons. The maximum Gasteiger partial charge on any atom is 0.313 e. The summed E-state index contributed by atoms with van der Waals surface area (Å²) in [5.41, 5.74) is 3.33. The number of carbonyl (C=O) groups is 1. The van der Waals surface area contributed by atoms with Gasteiger partial charge in [-0.2, -0.15) is 13.5 Å². The maximum atomic E-state index is 13.9. The summed E-state index contributed by atoms with van der Waals surface area (Å²) in [5.74, 6) is -0.566. The van der Waals surface area contributed by atoms with Crippen LogP contribution in [0.3, 0.4) is 0 Å². The maximum absolute atomic E-state index is 13.9. The second kappa shape index (κ2) is 11.3. The first-order chi connectivity index (χ1) is 16.6. The third-order valence-corrected chi connectivity index (χ3v) is 9.34. The molecule has 0 saturated heterocycles. The molecular formula is C26H38N2O6S2. The third-order valence-electron chi connectivity index (χ3n) is 6.49. The zero-order valence-electron chi connectivity index (χ0n) is 22.7. The number of unbranched alkanes of at least 4 members (excludes halogenated alkanes) is 1. The van der Waals surface area contributed by atoms with E-state index < -0.39 is 31.0 Å². The Kier molecular flexibility index (Phi) is 9.34. The molecule has 0 spiro atoms. The van der Waals surface area contributed by atoms with E-state index in [2.05, 4.69) is 5.10 Å². The molecule has 0 fully saturated rings. The van der Waals surface area contributed by atoms with E-state index in [9.17, 15) is 21.6 Å². The van der Waals surface area contributed by atoms with Crippen LogP contribution in [-0.2, 0) is 26.5 Å². The number of ketones is 1. The first-order valence-electron chi connectivity index (χ1n) is 12.1. The predicted octanol–water partition coefficient (Wildman–Crippen LogP) is 5.25. The van der Waals surface area contributed by atoms with Crippen molar-refractivity contribution < 1.29 is 25.8 Å². The molecule has 2 aromatic rings. The molecular weight excluding hydrogens is 500 g/mol. The molecule has 1 heterocycles. The van der Waals surface area contributed by atoms with Crippen LogP contribution in [0.15, 0.2) is 22.6 Å². The van der Waals surface area contributed by atoms with Crippen molar-refractivity contribution in [2.24, 2.45) is 0 Å². The van der Waals surface area contributed by atoms with Gasteiger partial charge in [-0.25, -0.2) is 13.1 Å². The molecule has 0 aliphatic carbocycles. The highest BCUT2D eigenvalue weighted by Gasteiger charge is 2.32. The van der Waals surface area contributed by atoms with E-state index in [-0.39, 0.29) is 21.9 Å². The highest BCUT2D eigenvalue weighted by atomic mass is 32.2. The molecule has 8 nitrogen and oxygen atoms in total. The van der Waals surface area contributed by atoms with Gasteiger partial charge in [-0.15, -0.1) is 0 Å². The monoisotopic (exact) mass is 538 g/mol. The number of hydrogen-bond donors (Lipinski definition) is 0. The number of carbonyl (C=O) groups excluding carboxylic acids is 1. The topological polar surface area (TPSA) is 112 Å². The van der Waals surface area contributed by atoms with Gasteiger partial charge in [0.25, 0.3) is 0 Å². The molecule has 0 aliphatic heterocycles. The van der Waals surface area contributed by atoms with Gasteiger partial charge in [-0.3, -0.25) is 4.79 Å². The van der Waals surface area contributed by atoms with Crippen LogP contribution < -0.4 is 4.18 Å². The van der Waals surface area contributed by atoms with Gasteiger partial charge in [0, 0.05) is 18.4 Å². The minimum atomic E-state index is -4.00. The lowest BCUT2D eigenvalue weighted by atomic mass is 9.91. The summed E-state index contributed by atoms with van der Waals surface area (Å²) in [6, 6.07) is 2.91. The fraction of sp³-hybridized carbons (Fsp3) is 0.538. The van der Waals surface area contributed by atoms with Crippen LogP contribution in [-0.4, -0.2) is 43.9 Å². The van der Waals surface area contributed by atoms with Gasteiger partial charge in [0.2, 0.25) is 11.7 Å². The van der Waals surface area contributed by atoms with Gasteiger partial charge >= 0.3 is 10.1 Å². The Bertz CT molecular complexity index is 1400. The number of allylic oxidation sites excluding steroid dienone is 2. The highest BCUT2D eigenvalue weighted by Crippen LogP contribution is 2.34. The van der Waals surface area contributed by atoms with Crippen LogP contribution >= 0.6 is 0 Å². The van der Waals surface area contributed by atoms with Crippen molar-refractivity contribution in [2.45, 2.75) is 91.3 Å². The fourth-order valence-electron chi connectivity index (χ4n) is 3.85. The number of aryl methyl sites for hydroxylation is 2. The summed E-state index contributed by atoms with van der Waals surface area (Å²) in [5, 5.41) is 3.67. The van der Waals surface area contributed by atoms with E-state index >= 15 is 0 Å². The average molecular weight is 539 g/mol.